The maximum atomic E-state index is 12.9. The predicted octanol–water partition coefficient (Wildman–Crippen LogP) is 24.3. The van der Waals surface area contributed by atoms with Crippen LogP contribution in [0.3, 0.4) is 0 Å². The summed E-state index contributed by atoms with van der Waals surface area (Å²) in [5, 5.41) is 0. The molecule has 0 saturated carbocycles. The molecule has 6 heteroatoms. The van der Waals surface area contributed by atoms with Crippen molar-refractivity contribution in [2.75, 3.05) is 13.2 Å². The summed E-state index contributed by atoms with van der Waals surface area (Å²) in [6.45, 7) is 6.37. The average Bonchev–Trinajstić information content (AvgIpc) is 3.49. The highest BCUT2D eigenvalue weighted by Crippen LogP contribution is 2.17. The van der Waals surface area contributed by atoms with Gasteiger partial charge in [-0.2, -0.15) is 0 Å². The van der Waals surface area contributed by atoms with E-state index in [4.69, 9.17) is 14.2 Å². The molecular formula is C77H130O6. The fourth-order valence-electron chi connectivity index (χ4n) is 9.77. The minimum Gasteiger partial charge on any atom is -0.462 e. The van der Waals surface area contributed by atoms with Crippen LogP contribution in [0.5, 0.6) is 0 Å². The first kappa shape index (κ1) is 78.8. The highest BCUT2D eigenvalue weighted by molar-refractivity contribution is 5.71. The Bertz CT molecular complexity index is 1700. The van der Waals surface area contributed by atoms with E-state index in [0.29, 0.717) is 19.3 Å². The van der Waals surface area contributed by atoms with Crippen LogP contribution in [0.15, 0.2) is 122 Å². The van der Waals surface area contributed by atoms with Crippen LogP contribution in [0.25, 0.3) is 0 Å². The number of rotatable bonds is 63. The fourth-order valence-corrected chi connectivity index (χ4v) is 9.77. The maximum absolute atomic E-state index is 12.9. The van der Waals surface area contributed by atoms with Crippen molar-refractivity contribution in [3.63, 3.8) is 0 Å². The number of hydrogen-bond donors (Lipinski definition) is 0. The van der Waals surface area contributed by atoms with Crippen molar-refractivity contribution in [1.82, 2.24) is 0 Å². The second-order valence-corrected chi connectivity index (χ2v) is 23.0. The molecule has 0 aromatic heterocycles. The van der Waals surface area contributed by atoms with Gasteiger partial charge in [-0.25, -0.2) is 0 Å². The van der Waals surface area contributed by atoms with Crippen LogP contribution < -0.4 is 0 Å². The Kier molecular flexibility index (Phi) is 66.7. The minimum absolute atomic E-state index is 0.0999. The van der Waals surface area contributed by atoms with E-state index in [0.717, 1.165) is 96.3 Å². The highest BCUT2D eigenvalue weighted by Gasteiger charge is 2.19. The van der Waals surface area contributed by atoms with E-state index < -0.39 is 6.10 Å². The zero-order valence-electron chi connectivity index (χ0n) is 54.4. The van der Waals surface area contributed by atoms with Crippen molar-refractivity contribution in [3.8, 4) is 0 Å². The third-order valence-corrected chi connectivity index (χ3v) is 14.9. The first-order chi connectivity index (χ1) is 41.0. The summed E-state index contributed by atoms with van der Waals surface area (Å²) in [6.07, 6.45) is 98.3. The lowest BCUT2D eigenvalue weighted by Crippen LogP contribution is -2.30. The summed E-state index contributed by atoms with van der Waals surface area (Å²) in [5.74, 6) is -0.979. The first-order valence-corrected chi connectivity index (χ1v) is 35.0. The van der Waals surface area contributed by atoms with E-state index >= 15 is 0 Å². The smallest absolute Gasteiger partial charge is 0.306 e. The Morgan fingerprint density at radius 1 is 0.253 bits per heavy atom. The average molecular weight is 1150 g/mol. The second-order valence-electron chi connectivity index (χ2n) is 23.0. The van der Waals surface area contributed by atoms with Gasteiger partial charge in [0.25, 0.3) is 0 Å². The lowest BCUT2D eigenvalue weighted by Gasteiger charge is -2.18. The van der Waals surface area contributed by atoms with Crippen LogP contribution in [0.4, 0.5) is 0 Å². The Hall–Kier alpha value is -4.19. The van der Waals surface area contributed by atoms with E-state index in [1.807, 2.05) is 6.08 Å². The number of unbranched alkanes of at least 4 members (excludes halogenated alkanes) is 32. The van der Waals surface area contributed by atoms with Gasteiger partial charge in [-0.3, -0.25) is 14.4 Å². The third kappa shape index (κ3) is 68.5. The summed E-state index contributed by atoms with van der Waals surface area (Å²) in [4.78, 5) is 38.3. The molecule has 1 atom stereocenters. The molecule has 0 rings (SSSR count). The SMILES string of the molecule is CC/C=C\C/C=C\C/C=C\C/C=C\C/C=C\CCCCCCCCCCCCCCCCCCCCCC(=O)OCC(COC(=O)CC/C=C\C/C=C\C/C=C\C/C=C\CC)OC(=O)CCCCCCCCC/C=C\CCCCCCCC. The lowest BCUT2D eigenvalue weighted by molar-refractivity contribution is -0.166. The molecular weight excluding hydrogens is 1020 g/mol. The number of carbonyl (C=O) groups is 3. The lowest BCUT2D eigenvalue weighted by atomic mass is 10.0. The summed E-state index contributed by atoms with van der Waals surface area (Å²) in [6, 6.07) is 0. The second kappa shape index (κ2) is 70.3. The van der Waals surface area contributed by atoms with Crippen molar-refractivity contribution in [2.45, 2.75) is 335 Å². The molecule has 0 aliphatic rings. The van der Waals surface area contributed by atoms with Crippen LogP contribution in [0.1, 0.15) is 329 Å². The van der Waals surface area contributed by atoms with E-state index in [-0.39, 0.29) is 37.5 Å². The molecule has 83 heavy (non-hydrogen) atoms. The summed E-state index contributed by atoms with van der Waals surface area (Å²) >= 11 is 0. The summed E-state index contributed by atoms with van der Waals surface area (Å²) in [7, 11) is 0. The standard InChI is InChI=1S/C77H130O6/c1-4-7-10-13-16-19-22-25-27-29-30-31-32-33-34-35-36-37-38-39-40-41-42-43-44-45-46-48-49-52-55-58-61-64-67-70-76(79)82-73-74(72-81-75(78)69-66-63-60-57-54-51-24-21-18-15-12-9-6-3)83-77(80)71-68-65-62-59-56-53-50-47-28-26-23-20-17-14-11-8-5-2/h7,9-10,12,16,18-19,21,25-28,30-31,33-34,51,54,60,63,74H,4-6,8,11,13-15,17,20,22-24,29,32,35-50,52-53,55-59,61-62,64-73H2,1-3H3/b10-7-,12-9-,19-16-,21-18-,27-25-,28-26-,31-30-,34-33-,54-51-,63-60-. The van der Waals surface area contributed by atoms with Crippen LogP contribution in [-0.2, 0) is 28.6 Å². The fraction of sp³-hybridized carbons (Fsp3) is 0.701. The highest BCUT2D eigenvalue weighted by atomic mass is 16.6. The molecule has 1 unspecified atom stereocenters. The van der Waals surface area contributed by atoms with Crippen LogP contribution >= 0.6 is 0 Å². The topological polar surface area (TPSA) is 78.9 Å². The van der Waals surface area contributed by atoms with Crippen LogP contribution in [0.2, 0.25) is 0 Å². The summed E-state index contributed by atoms with van der Waals surface area (Å²) in [5.41, 5.74) is 0. The number of hydrogen-bond acceptors (Lipinski definition) is 6. The molecule has 0 amide bonds. The zero-order chi connectivity index (χ0) is 59.9. The predicted molar refractivity (Wildman–Crippen MR) is 362 cm³/mol. The number of ether oxygens (including phenoxy) is 3. The number of carbonyl (C=O) groups excluding carboxylic acids is 3. The van der Waals surface area contributed by atoms with Crippen LogP contribution in [-0.4, -0.2) is 37.2 Å². The monoisotopic (exact) mass is 1150 g/mol. The molecule has 0 fully saturated rings. The Balaban J connectivity index is 4.17. The van der Waals surface area contributed by atoms with E-state index in [1.165, 1.54) is 186 Å². The van der Waals surface area contributed by atoms with Gasteiger partial charge in [-0.1, -0.05) is 316 Å². The Morgan fingerprint density at radius 3 is 0.819 bits per heavy atom. The molecule has 0 heterocycles. The van der Waals surface area contributed by atoms with Gasteiger partial charge in [0.05, 0.1) is 0 Å². The van der Waals surface area contributed by atoms with E-state index in [1.54, 1.807) is 0 Å². The van der Waals surface area contributed by atoms with Gasteiger partial charge in [0.1, 0.15) is 13.2 Å². The van der Waals surface area contributed by atoms with Gasteiger partial charge in [-0.05, 0) is 116 Å². The van der Waals surface area contributed by atoms with Gasteiger partial charge in [0.15, 0.2) is 6.10 Å². The molecule has 0 aromatic carbocycles. The number of allylic oxidation sites excluding steroid dienone is 20. The largest absolute Gasteiger partial charge is 0.462 e. The molecule has 0 N–H and O–H groups in total. The first-order valence-electron chi connectivity index (χ1n) is 35.0. The molecule has 0 aliphatic heterocycles. The maximum Gasteiger partial charge on any atom is 0.306 e. The quantitative estimate of drug-likeness (QED) is 0.0261. The summed E-state index contributed by atoms with van der Waals surface area (Å²) < 4.78 is 16.9. The van der Waals surface area contributed by atoms with Crippen molar-refractivity contribution in [3.05, 3.63) is 122 Å². The molecule has 0 spiro atoms. The van der Waals surface area contributed by atoms with Crippen molar-refractivity contribution in [1.29, 1.82) is 0 Å². The molecule has 0 aromatic rings. The van der Waals surface area contributed by atoms with Crippen molar-refractivity contribution in [2.24, 2.45) is 0 Å². The zero-order valence-corrected chi connectivity index (χ0v) is 54.4. The molecule has 0 radical (unpaired) electrons. The van der Waals surface area contributed by atoms with Crippen molar-refractivity contribution < 1.29 is 28.6 Å². The van der Waals surface area contributed by atoms with Gasteiger partial charge in [-0.15, -0.1) is 0 Å². The van der Waals surface area contributed by atoms with E-state index in [2.05, 4.69) is 136 Å². The third-order valence-electron chi connectivity index (χ3n) is 14.9. The normalized spacial score (nSPS) is 12.9. The molecule has 0 bridgehead atoms. The molecule has 474 valence electrons. The number of esters is 3. The van der Waals surface area contributed by atoms with Gasteiger partial charge >= 0.3 is 17.9 Å². The molecule has 0 saturated heterocycles. The molecule has 6 nitrogen and oxygen atoms in total. The van der Waals surface area contributed by atoms with Gasteiger partial charge in [0.2, 0.25) is 0 Å². The Morgan fingerprint density at radius 2 is 0.494 bits per heavy atom. The Labute approximate surface area is 513 Å². The van der Waals surface area contributed by atoms with Gasteiger partial charge in [0, 0.05) is 19.3 Å². The van der Waals surface area contributed by atoms with Crippen molar-refractivity contribution >= 4 is 17.9 Å². The van der Waals surface area contributed by atoms with Gasteiger partial charge < -0.3 is 14.2 Å². The molecule has 0 aliphatic carbocycles. The minimum atomic E-state index is -0.810. The van der Waals surface area contributed by atoms with E-state index in [9.17, 15) is 14.4 Å². The van der Waals surface area contributed by atoms with Crippen LogP contribution in [0, 0.1) is 0 Å².